The number of hydrogen-bond acceptors (Lipinski definition) is 6. The molecule has 0 saturated carbocycles. The molecule has 1 heterocycles. The highest BCUT2D eigenvalue weighted by Crippen LogP contribution is 2.30. The van der Waals surface area contributed by atoms with Crippen LogP contribution in [0.25, 0.3) is 11.1 Å². The Hall–Kier alpha value is -2.90. The van der Waals surface area contributed by atoms with Gasteiger partial charge in [0.05, 0.1) is 11.6 Å². The fraction of sp³-hybridized carbons (Fsp3) is 0.190. The molecule has 3 rings (SSSR count). The van der Waals surface area contributed by atoms with Gasteiger partial charge in [0.1, 0.15) is 0 Å². The Labute approximate surface area is 177 Å². The molecule has 2 N–H and O–H groups in total. The molecule has 0 fully saturated rings. The number of halogens is 1. The molecule has 0 atom stereocenters. The lowest BCUT2D eigenvalue weighted by Gasteiger charge is -2.06. The third-order valence-corrected chi connectivity index (χ3v) is 5.33. The van der Waals surface area contributed by atoms with Crippen LogP contribution in [-0.2, 0) is 6.54 Å². The molecule has 0 unspecified atom stereocenters. The van der Waals surface area contributed by atoms with E-state index in [4.69, 9.17) is 16.3 Å². The number of benzene rings is 2. The first-order valence-corrected chi connectivity index (χ1v) is 10.2. The average molecular weight is 430 g/mol. The molecule has 0 aliphatic heterocycles. The Morgan fingerprint density at radius 3 is 2.66 bits per heavy atom. The summed E-state index contributed by atoms with van der Waals surface area (Å²) in [6, 6.07) is 12.8. The maximum Gasteiger partial charge on any atom is 0.282 e. The minimum atomic E-state index is -0.304. The van der Waals surface area contributed by atoms with Gasteiger partial charge in [-0.05, 0) is 43.2 Å². The zero-order valence-corrected chi connectivity index (χ0v) is 17.5. The van der Waals surface area contributed by atoms with Gasteiger partial charge in [-0.1, -0.05) is 58.8 Å². The Bertz CT molecular complexity index is 1030. The Kier molecular flexibility index (Phi) is 6.85. The van der Waals surface area contributed by atoms with Gasteiger partial charge in [-0.3, -0.25) is 4.79 Å². The first-order chi connectivity index (χ1) is 14.0. The summed E-state index contributed by atoms with van der Waals surface area (Å²) in [5, 5.41) is 21.6. The third kappa shape index (κ3) is 5.56. The smallest absolute Gasteiger partial charge is 0.282 e. The molecule has 3 aromatic rings. The number of carbonyl (C=O) groups excluding carboxylic acids is 1. The molecule has 0 bridgehead atoms. The van der Waals surface area contributed by atoms with Gasteiger partial charge in [0.2, 0.25) is 5.01 Å². The molecular weight excluding hydrogens is 410 g/mol. The molecule has 1 amide bonds. The lowest BCUT2D eigenvalue weighted by molar-refractivity contribution is 0.0950. The second-order valence-electron chi connectivity index (χ2n) is 6.23. The molecule has 6 nitrogen and oxygen atoms in total. The summed E-state index contributed by atoms with van der Waals surface area (Å²) < 4.78 is 5.37. The van der Waals surface area contributed by atoms with Crippen molar-refractivity contribution < 1.29 is 14.6 Å². The molecular formula is C21H20ClN3O3S. The summed E-state index contributed by atoms with van der Waals surface area (Å²) in [4.78, 5) is 12.3. The summed E-state index contributed by atoms with van der Waals surface area (Å²) >= 11 is 7.46. The van der Waals surface area contributed by atoms with E-state index in [1.807, 2.05) is 38.1 Å². The quantitative estimate of drug-likeness (QED) is 0.572. The topological polar surface area (TPSA) is 84.3 Å². The van der Waals surface area contributed by atoms with E-state index in [2.05, 4.69) is 15.5 Å². The fourth-order valence-electron chi connectivity index (χ4n) is 2.48. The summed E-state index contributed by atoms with van der Waals surface area (Å²) in [5.74, 6) is 0.129. The lowest BCUT2D eigenvalue weighted by Crippen LogP contribution is -2.22. The van der Waals surface area contributed by atoms with Crippen LogP contribution in [0.2, 0.25) is 0 Å². The zero-order chi connectivity index (χ0) is 20.8. The number of phenolic OH excluding ortho intramolecular Hbond substituents is 1. The highest BCUT2D eigenvalue weighted by atomic mass is 35.5. The molecule has 150 valence electrons. The zero-order valence-electron chi connectivity index (χ0n) is 16.0. The van der Waals surface area contributed by atoms with Gasteiger partial charge in [-0.15, -0.1) is 10.2 Å². The number of amides is 1. The number of carbonyl (C=O) groups is 1. The highest BCUT2D eigenvalue weighted by molar-refractivity contribution is 7.15. The SMILES string of the molecule is CCOc1cc(C=C(Cl)c2nnc(C(=O)NCc3ccc(C)cc3)s2)ccc1O. The van der Waals surface area contributed by atoms with Crippen molar-refractivity contribution in [1.82, 2.24) is 15.5 Å². The van der Waals surface area contributed by atoms with Crippen LogP contribution in [0.5, 0.6) is 11.5 Å². The normalized spacial score (nSPS) is 11.3. The van der Waals surface area contributed by atoms with Crippen LogP contribution in [0.3, 0.4) is 0 Å². The van der Waals surface area contributed by atoms with Crippen LogP contribution in [-0.4, -0.2) is 27.8 Å². The molecule has 0 aliphatic carbocycles. The lowest BCUT2D eigenvalue weighted by atomic mass is 10.1. The van der Waals surface area contributed by atoms with Crippen LogP contribution >= 0.6 is 22.9 Å². The summed E-state index contributed by atoms with van der Waals surface area (Å²) in [6.07, 6.45) is 1.68. The van der Waals surface area contributed by atoms with Gasteiger partial charge >= 0.3 is 0 Å². The number of aromatic nitrogens is 2. The van der Waals surface area contributed by atoms with Crippen LogP contribution in [0.1, 0.15) is 38.4 Å². The number of nitrogens with zero attached hydrogens (tertiary/aromatic N) is 2. The van der Waals surface area contributed by atoms with Gasteiger partial charge in [-0.2, -0.15) is 0 Å². The van der Waals surface area contributed by atoms with Crippen molar-refractivity contribution in [2.24, 2.45) is 0 Å². The fourth-order valence-corrected chi connectivity index (χ4v) is 3.42. The third-order valence-electron chi connectivity index (χ3n) is 3.97. The molecule has 8 heteroatoms. The van der Waals surface area contributed by atoms with E-state index in [-0.39, 0.29) is 16.7 Å². The van der Waals surface area contributed by atoms with Crippen molar-refractivity contribution in [2.75, 3.05) is 6.61 Å². The predicted octanol–water partition coefficient (Wildman–Crippen LogP) is 4.62. The van der Waals surface area contributed by atoms with Crippen molar-refractivity contribution in [2.45, 2.75) is 20.4 Å². The van der Waals surface area contributed by atoms with E-state index in [1.54, 1.807) is 18.2 Å². The molecule has 29 heavy (non-hydrogen) atoms. The standard InChI is InChI=1S/C21H20ClN3O3S/c1-3-28-18-11-15(8-9-17(18)26)10-16(22)20-24-25-21(29-20)19(27)23-12-14-6-4-13(2)5-7-14/h4-11,26H,3,12H2,1-2H3,(H,23,27). The number of nitrogens with one attached hydrogen (secondary N) is 1. The van der Waals surface area contributed by atoms with Gasteiger partial charge in [0.25, 0.3) is 5.91 Å². The van der Waals surface area contributed by atoms with E-state index >= 15 is 0 Å². The molecule has 0 spiro atoms. The van der Waals surface area contributed by atoms with Gasteiger partial charge in [0.15, 0.2) is 16.5 Å². The van der Waals surface area contributed by atoms with Crippen molar-refractivity contribution >= 4 is 40.0 Å². The second-order valence-corrected chi connectivity index (χ2v) is 7.62. The van der Waals surface area contributed by atoms with Gasteiger partial charge in [0, 0.05) is 6.54 Å². The first-order valence-electron chi connectivity index (χ1n) is 8.97. The predicted molar refractivity (Wildman–Crippen MR) is 115 cm³/mol. The molecule has 0 radical (unpaired) electrons. The van der Waals surface area contributed by atoms with Crippen LogP contribution in [0.15, 0.2) is 42.5 Å². The number of phenols is 1. The molecule has 1 aromatic heterocycles. The molecule has 0 aliphatic rings. The Morgan fingerprint density at radius 1 is 1.21 bits per heavy atom. The monoisotopic (exact) mass is 429 g/mol. The van der Waals surface area contributed by atoms with E-state index in [1.165, 1.54) is 6.07 Å². The number of rotatable bonds is 7. The average Bonchev–Trinajstić information content (AvgIpc) is 3.20. The van der Waals surface area contributed by atoms with Crippen LogP contribution < -0.4 is 10.1 Å². The first kappa shape index (κ1) is 20.8. The van der Waals surface area contributed by atoms with E-state index in [0.29, 0.717) is 28.9 Å². The Balaban J connectivity index is 1.68. The van der Waals surface area contributed by atoms with E-state index < -0.39 is 0 Å². The second kappa shape index (κ2) is 9.54. The minimum Gasteiger partial charge on any atom is -0.504 e. The van der Waals surface area contributed by atoms with Crippen molar-refractivity contribution in [1.29, 1.82) is 0 Å². The number of ether oxygens (including phenoxy) is 1. The molecule has 0 saturated heterocycles. The van der Waals surface area contributed by atoms with Gasteiger partial charge < -0.3 is 15.2 Å². The van der Waals surface area contributed by atoms with E-state index in [0.717, 1.165) is 28.0 Å². The van der Waals surface area contributed by atoms with Crippen LogP contribution in [0.4, 0.5) is 0 Å². The number of aryl methyl sites for hydroxylation is 1. The number of hydrogen-bond donors (Lipinski definition) is 2. The van der Waals surface area contributed by atoms with Crippen molar-refractivity contribution in [3.8, 4) is 11.5 Å². The maximum atomic E-state index is 12.3. The number of aromatic hydroxyl groups is 1. The van der Waals surface area contributed by atoms with E-state index in [9.17, 15) is 9.90 Å². The maximum absolute atomic E-state index is 12.3. The molecule has 2 aromatic carbocycles. The van der Waals surface area contributed by atoms with Crippen LogP contribution in [0, 0.1) is 6.92 Å². The summed E-state index contributed by atoms with van der Waals surface area (Å²) in [5.41, 5.74) is 2.90. The minimum absolute atomic E-state index is 0.0589. The van der Waals surface area contributed by atoms with Crippen molar-refractivity contribution in [3.05, 3.63) is 69.2 Å². The van der Waals surface area contributed by atoms with Crippen molar-refractivity contribution in [3.63, 3.8) is 0 Å². The Morgan fingerprint density at radius 2 is 1.93 bits per heavy atom. The summed E-state index contributed by atoms with van der Waals surface area (Å²) in [6.45, 7) is 4.69. The largest absolute Gasteiger partial charge is 0.504 e. The van der Waals surface area contributed by atoms with Gasteiger partial charge in [-0.25, -0.2) is 0 Å². The highest BCUT2D eigenvalue weighted by Gasteiger charge is 2.14. The summed E-state index contributed by atoms with van der Waals surface area (Å²) in [7, 11) is 0.